The van der Waals surface area contributed by atoms with Crippen molar-refractivity contribution in [3.05, 3.63) is 58.4 Å². The third kappa shape index (κ3) is 6.06. The molecular weight excluding hydrogens is 480 g/mol. The summed E-state index contributed by atoms with van der Waals surface area (Å²) >= 11 is 0.928. The lowest BCUT2D eigenvalue weighted by Gasteiger charge is -2.19. The highest BCUT2D eigenvalue weighted by Gasteiger charge is 2.21. The zero-order chi connectivity index (χ0) is 24.8. The molecule has 34 heavy (non-hydrogen) atoms. The Morgan fingerprint density at radius 1 is 1.09 bits per heavy atom. The number of rotatable bonds is 11. The van der Waals surface area contributed by atoms with Crippen molar-refractivity contribution in [2.24, 2.45) is 0 Å². The van der Waals surface area contributed by atoms with E-state index in [1.165, 1.54) is 11.7 Å². The number of hydrogen-bond donors (Lipinski definition) is 0. The summed E-state index contributed by atoms with van der Waals surface area (Å²) in [6.07, 6.45) is 0. The first-order valence-corrected chi connectivity index (χ1v) is 10.9. The molecule has 0 N–H and O–H groups in total. The molecule has 2 aromatic carbocycles. The Balaban J connectivity index is 1.93. The second-order valence-corrected chi connectivity index (χ2v) is 7.96. The molecule has 1 unspecified atom stereocenters. The zero-order valence-electron chi connectivity index (χ0n) is 18.0. The summed E-state index contributed by atoms with van der Waals surface area (Å²) in [6, 6.07) is 9.21. The van der Waals surface area contributed by atoms with Crippen LogP contribution < -0.4 is 15.0 Å². The van der Waals surface area contributed by atoms with Gasteiger partial charge in [0.25, 0.3) is 5.56 Å². The van der Waals surface area contributed by atoms with E-state index in [0.29, 0.717) is 10.9 Å². The van der Waals surface area contributed by atoms with Crippen LogP contribution in [-0.2, 0) is 4.74 Å². The minimum atomic E-state index is -3.29. The summed E-state index contributed by atoms with van der Waals surface area (Å²) in [7, 11) is 1.48. The van der Waals surface area contributed by atoms with E-state index in [2.05, 4.69) is 14.5 Å². The van der Waals surface area contributed by atoms with Gasteiger partial charge in [-0.3, -0.25) is 14.2 Å². The van der Waals surface area contributed by atoms with Gasteiger partial charge in [-0.15, -0.1) is 0 Å². The molecule has 3 rings (SSSR count). The number of ether oxygens (including phenoxy) is 3. The second kappa shape index (κ2) is 11.3. The van der Waals surface area contributed by atoms with Crippen molar-refractivity contribution in [3.63, 3.8) is 0 Å². The van der Waals surface area contributed by atoms with Gasteiger partial charge in [0.2, 0.25) is 0 Å². The van der Waals surface area contributed by atoms with Gasteiger partial charge < -0.3 is 14.2 Å². The Kier molecular flexibility index (Phi) is 8.51. The number of fused-ring (bicyclic) bond motifs is 1. The quantitative estimate of drug-likeness (QED) is 0.162. The molecule has 7 nitrogen and oxygen atoms in total. The van der Waals surface area contributed by atoms with Gasteiger partial charge in [-0.2, -0.15) is 17.6 Å². The lowest BCUT2D eigenvalue weighted by molar-refractivity contribution is -0.0544. The van der Waals surface area contributed by atoms with E-state index in [-0.39, 0.29) is 28.6 Å². The highest BCUT2D eigenvalue weighted by atomic mass is 32.2. The van der Waals surface area contributed by atoms with Crippen molar-refractivity contribution in [2.45, 2.75) is 31.3 Å². The van der Waals surface area contributed by atoms with Crippen LogP contribution in [0.1, 0.15) is 23.3 Å². The normalized spacial score (nSPS) is 12.4. The smallest absolute Gasteiger partial charge is 0.387 e. The summed E-state index contributed by atoms with van der Waals surface area (Å²) in [4.78, 5) is 30.4. The highest BCUT2D eigenvalue weighted by molar-refractivity contribution is 7.99. The molecule has 182 valence electrons. The third-order valence-electron chi connectivity index (χ3n) is 4.65. The molecule has 0 bridgehead atoms. The number of benzene rings is 2. The highest BCUT2D eigenvalue weighted by Crippen LogP contribution is 2.30. The van der Waals surface area contributed by atoms with Crippen LogP contribution in [0, 0.1) is 0 Å². The Morgan fingerprint density at radius 2 is 1.79 bits per heavy atom. The minimum Gasteiger partial charge on any atom is -0.435 e. The van der Waals surface area contributed by atoms with Gasteiger partial charge in [0.05, 0.1) is 34.9 Å². The molecule has 0 amide bonds. The first-order chi connectivity index (χ1) is 16.2. The Labute approximate surface area is 195 Å². The molecule has 1 atom stereocenters. The zero-order valence-corrected chi connectivity index (χ0v) is 18.9. The number of carbonyl (C=O) groups excluding carboxylic acids is 1. The summed E-state index contributed by atoms with van der Waals surface area (Å²) < 4.78 is 65.6. The minimum absolute atomic E-state index is 0.208. The molecule has 0 saturated heterocycles. The average Bonchev–Trinajstić information content (AvgIpc) is 2.77. The first kappa shape index (κ1) is 25.5. The SMILES string of the molecule is COCC(C)n1c(SCC(=O)c2ccc(OC(F)F)cc2OC(F)F)nc2ccccc2c1=O. The molecule has 0 spiro atoms. The van der Waals surface area contributed by atoms with E-state index >= 15 is 0 Å². The molecule has 0 aliphatic heterocycles. The number of hydrogen-bond acceptors (Lipinski definition) is 7. The van der Waals surface area contributed by atoms with Crippen LogP contribution in [0.4, 0.5) is 17.6 Å². The molecule has 0 fully saturated rings. The van der Waals surface area contributed by atoms with Gasteiger partial charge in [0.15, 0.2) is 10.9 Å². The van der Waals surface area contributed by atoms with Crippen molar-refractivity contribution in [3.8, 4) is 11.5 Å². The number of halogens is 4. The maximum atomic E-state index is 13.1. The van der Waals surface area contributed by atoms with Crippen molar-refractivity contribution < 1.29 is 36.6 Å². The fourth-order valence-electron chi connectivity index (χ4n) is 3.24. The maximum Gasteiger partial charge on any atom is 0.387 e. The lowest BCUT2D eigenvalue weighted by Crippen LogP contribution is -2.28. The van der Waals surface area contributed by atoms with Gasteiger partial charge in [-0.05, 0) is 31.2 Å². The molecule has 0 aliphatic rings. The second-order valence-electron chi connectivity index (χ2n) is 7.02. The monoisotopic (exact) mass is 500 g/mol. The molecule has 1 heterocycles. The first-order valence-electron chi connectivity index (χ1n) is 9.91. The average molecular weight is 500 g/mol. The van der Waals surface area contributed by atoms with Crippen LogP contribution >= 0.6 is 11.8 Å². The van der Waals surface area contributed by atoms with Gasteiger partial charge in [0, 0.05) is 13.2 Å². The van der Waals surface area contributed by atoms with Crippen LogP contribution in [0.5, 0.6) is 11.5 Å². The van der Waals surface area contributed by atoms with Crippen molar-refractivity contribution in [1.29, 1.82) is 0 Å². The Morgan fingerprint density at radius 3 is 2.47 bits per heavy atom. The van der Waals surface area contributed by atoms with Crippen molar-refractivity contribution in [2.75, 3.05) is 19.5 Å². The number of ketones is 1. The van der Waals surface area contributed by atoms with Crippen molar-refractivity contribution >= 4 is 28.4 Å². The van der Waals surface area contributed by atoms with Crippen LogP contribution in [0.25, 0.3) is 10.9 Å². The molecule has 0 saturated carbocycles. The van der Waals surface area contributed by atoms with Gasteiger partial charge in [0.1, 0.15) is 11.5 Å². The summed E-state index contributed by atoms with van der Waals surface area (Å²) in [5.41, 5.74) is -0.145. The number of aromatic nitrogens is 2. The van der Waals surface area contributed by atoms with Crippen molar-refractivity contribution in [1.82, 2.24) is 9.55 Å². The maximum absolute atomic E-state index is 13.1. The van der Waals surface area contributed by atoms with E-state index in [9.17, 15) is 27.2 Å². The van der Waals surface area contributed by atoms with E-state index < -0.39 is 36.5 Å². The predicted molar refractivity (Wildman–Crippen MR) is 117 cm³/mol. The molecule has 1 aromatic heterocycles. The molecule has 3 aromatic rings. The van der Waals surface area contributed by atoms with Gasteiger partial charge in [-0.25, -0.2) is 4.98 Å². The summed E-state index contributed by atoms with van der Waals surface area (Å²) in [6.45, 7) is -4.51. The van der Waals surface area contributed by atoms with E-state index in [0.717, 1.165) is 30.0 Å². The number of methoxy groups -OCH3 is 1. The van der Waals surface area contributed by atoms with Crippen LogP contribution in [0.2, 0.25) is 0 Å². The molecule has 0 radical (unpaired) electrons. The van der Waals surface area contributed by atoms with Crippen LogP contribution in [-0.4, -0.2) is 48.0 Å². The number of nitrogens with zero attached hydrogens (tertiary/aromatic N) is 2. The predicted octanol–water partition coefficient (Wildman–Crippen LogP) is 4.78. The molecule has 0 aliphatic carbocycles. The van der Waals surface area contributed by atoms with E-state index in [4.69, 9.17) is 4.74 Å². The molecule has 12 heteroatoms. The van der Waals surface area contributed by atoms with Gasteiger partial charge >= 0.3 is 13.2 Å². The number of para-hydroxylation sites is 1. The Hall–Kier alpha value is -3.12. The van der Waals surface area contributed by atoms with Gasteiger partial charge in [-0.1, -0.05) is 23.9 Å². The number of Topliss-reactive ketones (excluding diaryl/α,β-unsaturated/α-hetero) is 1. The Bertz CT molecular complexity index is 1220. The van der Waals surface area contributed by atoms with Crippen LogP contribution in [0.3, 0.4) is 0 Å². The number of thioether (sulfide) groups is 1. The third-order valence-corrected chi connectivity index (χ3v) is 5.60. The van der Waals surface area contributed by atoms with Crippen LogP contribution in [0.15, 0.2) is 52.4 Å². The molecular formula is C22H20F4N2O5S. The van der Waals surface area contributed by atoms with E-state index in [1.807, 2.05) is 0 Å². The fraction of sp³-hybridized carbons (Fsp3) is 0.318. The topological polar surface area (TPSA) is 79.7 Å². The van der Waals surface area contributed by atoms with E-state index in [1.54, 1.807) is 31.2 Å². The summed E-state index contributed by atoms with van der Waals surface area (Å²) in [5, 5.41) is 0.624. The largest absolute Gasteiger partial charge is 0.435 e. The standard InChI is InChI=1S/C22H20F4N2O5S/c1-12(10-31-2)28-19(30)14-5-3-4-6-16(14)27-22(28)34-11-17(29)15-8-7-13(32-20(23)24)9-18(15)33-21(25)26/h3-9,12,20-21H,10-11H2,1-2H3. The number of carbonyl (C=O) groups is 1. The lowest BCUT2D eigenvalue weighted by atomic mass is 10.1. The fourth-order valence-corrected chi connectivity index (χ4v) is 4.22. The summed E-state index contributed by atoms with van der Waals surface area (Å²) in [5.74, 6) is -1.97. The number of alkyl halides is 4.